The van der Waals surface area contributed by atoms with E-state index in [9.17, 15) is 4.79 Å². The van der Waals surface area contributed by atoms with Crippen LogP contribution >= 0.6 is 0 Å². The van der Waals surface area contributed by atoms with Gasteiger partial charge in [-0.1, -0.05) is 0 Å². The van der Waals surface area contributed by atoms with Crippen LogP contribution in [0.1, 0.15) is 13.8 Å². The van der Waals surface area contributed by atoms with Gasteiger partial charge in [-0.2, -0.15) is 0 Å². The van der Waals surface area contributed by atoms with Crippen LogP contribution in [0.5, 0.6) is 17.2 Å². The van der Waals surface area contributed by atoms with Crippen LogP contribution in [0.4, 0.5) is 0 Å². The van der Waals surface area contributed by atoms with Gasteiger partial charge in [0.2, 0.25) is 6.79 Å². The second-order valence-corrected chi connectivity index (χ2v) is 3.99. The first kappa shape index (κ1) is 10.6. The number of amides is 1. The van der Waals surface area contributed by atoms with Gasteiger partial charge in [0.1, 0.15) is 5.75 Å². The molecule has 2 N–H and O–H groups in total. The van der Waals surface area contributed by atoms with E-state index in [2.05, 4.69) is 0 Å². The van der Waals surface area contributed by atoms with E-state index < -0.39 is 11.5 Å². The van der Waals surface area contributed by atoms with Crippen LogP contribution in [-0.4, -0.2) is 18.3 Å². The Hall–Kier alpha value is -1.91. The maximum absolute atomic E-state index is 11.1. The van der Waals surface area contributed by atoms with Crippen LogP contribution in [0.3, 0.4) is 0 Å². The van der Waals surface area contributed by atoms with Crippen molar-refractivity contribution in [1.29, 1.82) is 0 Å². The van der Waals surface area contributed by atoms with Gasteiger partial charge in [-0.25, -0.2) is 0 Å². The first-order chi connectivity index (χ1) is 7.49. The van der Waals surface area contributed by atoms with Crippen molar-refractivity contribution in [2.24, 2.45) is 5.73 Å². The lowest BCUT2D eigenvalue weighted by Gasteiger charge is -2.22. The molecule has 0 spiro atoms. The van der Waals surface area contributed by atoms with E-state index in [1.165, 1.54) is 0 Å². The van der Waals surface area contributed by atoms with Crippen LogP contribution < -0.4 is 19.9 Å². The highest BCUT2D eigenvalue weighted by Crippen LogP contribution is 2.36. The predicted molar refractivity (Wildman–Crippen MR) is 56.5 cm³/mol. The van der Waals surface area contributed by atoms with Gasteiger partial charge in [-0.05, 0) is 26.0 Å². The molecule has 5 heteroatoms. The minimum atomic E-state index is -1.05. The molecule has 0 radical (unpaired) electrons. The average Bonchev–Trinajstić information content (AvgIpc) is 2.63. The maximum Gasteiger partial charge on any atom is 0.261 e. The maximum atomic E-state index is 11.1. The van der Waals surface area contributed by atoms with Crippen molar-refractivity contribution >= 4 is 5.91 Å². The molecule has 86 valence electrons. The number of ether oxygens (including phenoxy) is 3. The van der Waals surface area contributed by atoms with Crippen molar-refractivity contribution in [2.45, 2.75) is 19.4 Å². The van der Waals surface area contributed by atoms with Crippen LogP contribution in [0.25, 0.3) is 0 Å². The molecule has 1 aliphatic rings. The monoisotopic (exact) mass is 223 g/mol. The lowest BCUT2D eigenvalue weighted by atomic mass is 10.1. The third kappa shape index (κ3) is 1.88. The van der Waals surface area contributed by atoms with E-state index in [1.54, 1.807) is 32.0 Å². The molecule has 5 nitrogen and oxygen atoms in total. The summed E-state index contributed by atoms with van der Waals surface area (Å²) in [5, 5.41) is 0. The number of hydrogen-bond acceptors (Lipinski definition) is 4. The highest BCUT2D eigenvalue weighted by atomic mass is 16.7. The van der Waals surface area contributed by atoms with Gasteiger partial charge in [-0.3, -0.25) is 4.79 Å². The normalized spacial score (nSPS) is 13.6. The lowest BCUT2D eigenvalue weighted by Crippen LogP contribution is -2.43. The second kappa shape index (κ2) is 3.59. The summed E-state index contributed by atoms with van der Waals surface area (Å²) in [4.78, 5) is 11.1. The zero-order valence-electron chi connectivity index (χ0n) is 9.15. The number of nitrogens with two attached hydrogens (primary N) is 1. The van der Waals surface area contributed by atoms with Gasteiger partial charge < -0.3 is 19.9 Å². The Morgan fingerprint density at radius 1 is 1.38 bits per heavy atom. The topological polar surface area (TPSA) is 70.8 Å². The number of fused-ring (bicyclic) bond motifs is 1. The standard InChI is InChI=1S/C11H13NO4/c1-11(2,10(12)13)16-7-3-4-8-9(5-7)15-6-14-8/h3-5H,6H2,1-2H3,(H2,12,13). The molecule has 1 heterocycles. The fourth-order valence-corrected chi connectivity index (χ4v) is 1.29. The molecule has 1 aromatic carbocycles. The Morgan fingerprint density at radius 3 is 2.75 bits per heavy atom. The third-order valence-corrected chi connectivity index (χ3v) is 2.31. The average molecular weight is 223 g/mol. The number of benzene rings is 1. The summed E-state index contributed by atoms with van der Waals surface area (Å²) in [6.45, 7) is 3.43. The molecule has 1 aromatic rings. The molecule has 0 saturated carbocycles. The SMILES string of the molecule is CC(C)(Oc1ccc2c(c1)OCO2)C(N)=O. The number of hydrogen-bond donors (Lipinski definition) is 1. The molecule has 0 bridgehead atoms. The Morgan fingerprint density at radius 2 is 2.06 bits per heavy atom. The van der Waals surface area contributed by atoms with Crippen molar-refractivity contribution < 1.29 is 19.0 Å². The predicted octanol–water partition coefficient (Wildman–Crippen LogP) is 1.06. The van der Waals surface area contributed by atoms with Crippen molar-refractivity contribution in [3.05, 3.63) is 18.2 Å². The van der Waals surface area contributed by atoms with Crippen molar-refractivity contribution in [2.75, 3.05) is 6.79 Å². The van der Waals surface area contributed by atoms with Crippen LogP contribution in [0.15, 0.2) is 18.2 Å². The Balaban J connectivity index is 2.20. The van der Waals surface area contributed by atoms with Gasteiger partial charge in [0, 0.05) is 6.07 Å². The van der Waals surface area contributed by atoms with Crippen LogP contribution in [0.2, 0.25) is 0 Å². The van der Waals surface area contributed by atoms with E-state index in [-0.39, 0.29) is 6.79 Å². The summed E-state index contributed by atoms with van der Waals surface area (Å²) in [7, 11) is 0. The summed E-state index contributed by atoms with van der Waals surface area (Å²) in [5.41, 5.74) is 4.16. The molecule has 16 heavy (non-hydrogen) atoms. The second-order valence-electron chi connectivity index (χ2n) is 3.99. The summed E-state index contributed by atoms with van der Waals surface area (Å²) in [6, 6.07) is 5.11. The van der Waals surface area contributed by atoms with Crippen molar-refractivity contribution in [1.82, 2.24) is 0 Å². The first-order valence-electron chi connectivity index (χ1n) is 4.87. The van der Waals surface area contributed by atoms with E-state index in [0.717, 1.165) is 0 Å². The van der Waals surface area contributed by atoms with E-state index in [1.807, 2.05) is 0 Å². The number of carbonyl (C=O) groups excluding carboxylic acids is 1. The summed E-state index contributed by atoms with van der Waals surface area (Å²) in [5.74, 6) is 1.28. The smallest absolute Gasteiger partial charge is 0.261 e. The fourth-order valence-electron chi connectivity index (χ4n) is 1.29. The third-order valence-electron chi connectivity index (χ3n) is 2.31. The lowest BCUT2D eigenvalue weighted by molar-refractivity contribution is -0.130. The largest absolute Gasteiger partial charge is 0.478 e. The molecule has 0 fully saturated rings. The van der Waals surface area contributed by atoms with Gasteiger partial charge in [0.25, 0.3) is 5.91 Å². The Bertz CT molecular complexity index is 428. The summed E-state index contributed by atoms with van der Waals surface area (Å²) >= 11 is 0. The van der Waals surface area contributed by atoms with Crippen LogP contribution in [-0.2, 0) is 4.79 Å². The minimum Gasteiger partial charge on any atom is -0.478 e. The van der Waals surface area contributed by atoms with Crippen molar-refractivity contribution in [3.63, 3.8) is 0 Å². The van der Waals surface area contributed by atoms with E-state index in [0.29, 0.717) is 17.2 Å². The molecule has 1 aliphatic heterocycles. The molecule has 0 saturated heterocycles. The quantitative estimate of drug-likeness (QED) is 0.831. The number of primary amides is 1. The molecule has 0 atom stereocenters. The highest BCUT2D eigenvalue weighted by molar-refractivity contribution is 5.82. The molecule has 2 rings (SSSR count). The van der Waals surface area contributed by atoms with Gasteiger partial charge in [0.15, 0.2) is 17.1 Å². The molecular weight excluding hydrogens is 210 g/mol. The highest BCUT2D eigenvalue weighted by Gasteiger charge is 2.27. The molecule has 0 unspecified atom stereocenters. The molecule has 0 aromatic heterocycles. The van der Waals surface area contributed by atoms with Crippen LogP contribution in [0, 0.1) is 0 Å². The summed E-state index contributed by atoms with van der Waals surface area (Å²) < 4.78 is 15.8. The zero-order valence-corrected chi connectivity index (χ0v) is 9.15. The minimum absolute atomic E-state index is 0.206. The number of rotatable bonds is 3. The summed E-state index contributed by atoms with van der Waals surface area (Å²) in [6.07, 6.45) is 0. The fraction of sp³-hybridized carbons (Fsp3) is 0.364. The molecular formula is C11H13NO4. The molecule has 0 aliphatic carbocycles. The van der Waals surface area contributed by atoms with Gasteiger partial charge in [0.05, 0.1) is 0 Å². The Labute approximate surface area is 93.1 Å². The van der Waals surface area contributed by atoms with Gasteiger partial charge in [-0.15, -0.1) is 0 Å². The van der Waals surface area contributed by atoms with E-state index >= 15 is 0 Å². The van der Waals surface area contributed by atoms with E-state index in [4.69, 9.17) is 19.9 Å². The van der Waals surface area contributed by atoms with Crippen molar-refractivity contribution in [3.8, 4) is 17.2 Å². The number of carbonyl (C=O) groups is 1. The first-order valence-corrected chi connectivity index (χ1v) is 4.87. The zero-order chi connectivity index (χ0) is 11.8. The molecule has 1 amide bonds. The van der Waals surface area contributed by atoms with Gasteiger partial charge >= 0.3 is 0 Å². The Kier molecular flexibility index (Phi) is 2.38.